The van der Waals surface area contributed by atoms with Gasteiger partial charge in [0.25, 0.3) is 10.0 Å². The summed E-state index contributed by atoms with van der Waals surface area (Å²) in [6, 6.07) is 9.08. The Morgan fingerprint density at radius 3 is 2.82 bits per heavy atom. The molecule has 0 radical (unpaired) electrons. The van der Waals surface area contributed by atoms with Crippen LogP contribution >= 0.6 is 11.3 Å². The Bertz CT molecular complexity index is 673. The maximum atomic E-state index is 12.4. The molecule has 0 saturated carbocycles. The van der Waals surface area contributed by atoms with E-state index in [0.717, 1.165) is 16.1 Å². The summed E-state index contributed by atoms with van der Waals surface area (Å²) in [6.07, 6.45) is 0.687. The molecule has 17 heavy (non-hydrogen) atoms. The average Bonchev–Trinajstić information content (AvgIpc) is 2.73. The summed E-state index contributed by atoms with van der Waals surface area (Å²) in [5.41, 5.74) is 1.67. The van der Waals surface area contributed by atoms with Crippen molar-refractivity contribution in [1.82, 2.24) is 0 Å². The monoisotopic (exact) mass is 265 g/mol. The number of thiophene rings is 1. The second-order valence-electron chi connectivity index (χ2n) is 3.99. The van der Waals surface area contributed by atoms with Gasteiger partial charge in [-0.25, -0.2) is 8.42 Å². The molecule has 1 aromatic carbocycles. The third-order valence-electron chi connectivity index (χ3n) is 3.02. The van der Waals surface area contributed by atoms with Gasteiger partial charge in [-0.1, -0.05) is 18.2 Å². The largest absolute Gasteiger partial charge is 0.268 e. The Balaban J connectivity index is 2.35. The predicted molar refractivity (Wildman–Crippen MR) is 69.2 cm³/mol. The standard InChI is InChI=1S/C12H11NO2S2/c1-13-10-6-7-16-11(10)8-9-4-2-3-5-12(9)17(13,14)15/h2-7H,8H2,1H3. The van der Waals surface area contributed by atoms with Crippen LogP contribution in [0.15, 0.2) is 40.6 Å². The average molecular weight is 265 g/mol. The molecule has 3 rings (SSSR count). The maximum absolute atomic E-state index is 12.4. The number of anilines is 1. The molecule has 0 spiro atoms. The van der Waals surface area contributed by atoms with Gasteiger partial charge in [-0.2, -0.15) is 0 Å². The van der Waals surface area contributed by atoms with E-state index in [2.05, 4.69) is 0 Å². The third-order valence-corrected chi connectivity index (χ3v) is 5.81. The zero-order valence-corrected chi connectivity index (χ0v) is 10.9. The first kappa shape index (κ1) is 10.8. The van der Waals surface area contributed by atoms with Crippen LogP contribution in [0.1, 0.15) is 10.4 Å². The summed E-state index contributed by atoms with van der Waals surface area (Å²) in [5, 5.41) is 1.94. The van der Waals surface area contributed by atoms with E-state index in [1.54, 1.807) is 30.5 Å². The lowest BCUT2D eigenvalue weighted by atomic mass is 10.1. The molecule has 1 aromatic heterocycles. The molecule has 0 aliphatic carbocycles. The van der Waals surface area contributed by atoms with E-state index >= 15 is 0 Å². The van der Waals surface area contributed by atoms with Crippen molar-refractivity contribution in [2.45, 2.75) is 11.3 Å². The van der Waals surface area contributed by atoms with Gasteiger partial charge in [0.15, 0.2) is 0 Å². The Hall–Kier alpha value is -1.33. The molecule has 0 N–H and O–H groups in total. The van der Waals surface area contributed by atoms with Crippen LogP contribution in [0.25, 0.3) is 0 Å². The molecule has 5 heteroatoms. The van der Waals surface area contributed by atoms with E-state index in [4.69, 9.17) is 0 Å². The van der Waals surface area contributed by atoms with Crippen LogP contribution in [0.3, 0.4) is 0 Å². The molecule has 0 bridgehead atoms. The normalized spacial score (nSPS) is 17.1. The lowest BCUT2D eigenvalue weighted by Crippen LogP contribution is -2.25. The summed E-state index contributed by atoms with van der Waals surface area (Å²) in [7, 11) is -1.79. The highest BCUT2D eigenvalue weighted by atomic mass is 32.2. The summed E-state index contributed by atoms with van der Waals surface area (Å²) in [6.45, 7) is 0. The first-order valence-electron chi connectivity index (χ1n) is 5.24. The molecular formula is C12H11NO2S2. The van der Waals surface area contributed by atoms with Gasteiger partial charge in [-0.15, -0.1) is 11.3 Å². The minimum absolute atomic E-state index is 0.422. The number of nitrogens with zero attached hydrogens (tertiary/aromatic N) is 1. The molecule has 0 saturated heterocycles. The van der Waals surface area contributed by atoms with Gasteiger partial charge >= 0.3 is 0 Å². The van der Waals surface area contributed by atoms with Gasteiger partial charge in [0.1, 0.15) is 0 Å². The van der Waals surface area contributed by atoms with E-state index in [0.29, 0.717) is 11.3 Å². The molecule has 1 aliphatic heterocycles. The fraction of sp³-hybridized carbons (Fsp3) is 0.167. The Kier molecular flexibility index (Phi) is 2.27. The molecule has 0 atom stereocenters. The van der Waals surface area contributed by atoms with Gasteiger partial charge in [0.2, 0.25) is 0 Å². The minimum Gasteiger partial charge on any atom is -0.268 e. The van der Waals surface area contributed by atoms with Crippen molar-refractivity contribution in [1.29, 1.82) is 0 Å². The molecule has 88 valence electrons. The number of rotatable bonds is 0. The highest BCUT2D eigenvalue weighted by Crippen LogP contribution is 2.36. The first-order valence-corrected chi connectivity index (χ1v) is 7.56. The molecule has 0 fully saturated rings. The van der Waals surface area contributed by atoms with Gasteiger partial charge in [0, 0.05) is 18.3 Å². The Morgan fingerprint density at radius 2 is 2.00 bits per heavy atom. The zero-order chi connectivity index (χ0) is 12.0. The Morgan fingerprint density at radius 1 is 1.24 bits per heavy atom. The molecule has 3 nitrogen and oxygen atoms in total. The van der Waals surface area contributed by atoms with E-state index in [1.165, 1.54) is 4.31 Å². The predicted octanol–water partition coefficient (Wildman–Crippen LogP) is 2.48. The van der Waals surface area contributed by atoms with Crippen molar-refractivity contribution < 1.29 is 8.42 Å². The molecule has 2 aromatic rings. The molecule has 0 amide bonds. The maximum Gasteiger partial charge on any atom is 0.264 e. The van der Waals surface area contributed by atoms with Crippen molar-refractivity contribution in [2.24, 2.45) is 0 Å². The van der Waals surface area contributed by atoms with Crippen LogP contribution in [0, 0.1) is 0 Å². The van der Waals surface area contributed by atoms with E-state index in [-0.39, 0.29) is 0 Å². The van der Waals surface area contributed by atoms with Gasteiger partial charge in [-0.05, 0) is 23.1 Å². The van der Waals surface area contributed by atoms with Crippen LogP contribution in [-0.2, 0) is 16.4 Å². The van der Waals surface area contributed by atoms with Crippen molar-refractivity contribution in [3.05, 3.63) is 46.2 Å². The summed E-state index contributed by atoms with van der Waals surface area (Å²) in [5.74, 6) is 0. The van der Waals surface area contributed by atoms with Crippen molar-refractivity contribution in [3.8, 4) is 0 Å². The topological polar surface area (TPSA) is 37.4 Å². The van der Waals surface area contributed by atoms with E-state index < -0.39 is 10.0 Å². The molecular weight excluding hydrogens is 254 g/mol. The van der Waals surface area contributed by atoms with Crippen LogP contribution in [0.5, 0.6) is 0 Å². The van der Waals surface area contributed by atoms with Gasteiger partial charge < -0.3 is 0 Å². The first-order chi connectivity index (χ1) is 8.10. The highest BCUT2D eigenvalue weighted by molar-refractivity contribution is 7.92. The minimum atomic E-state index is -3.40. The molecule has 1 aliphatic rings. The summed E-state index contributed by atoms with van der Waals surface area (Å²) in [4.78, 5) is 1.52. The van der Waals surface area contributed by atoms with Crippen molar-refractivity contribution in [2.75, 3.05) is 11.4 Å². The summed E-state index contributed by atoms with van der Waals surface area (Å²) < 4.78 is 26.2. The number of hydrogen-bond donors (Lipinski definition) is 0. The smallest absolute Gasteiger partial charge is 0.264 e. The number of hydrogen-bond acceptors (Lipinski definition) is 3. The Labute approximate surface area is 104 Å². The summed E-state index contributed by atoms with van der Waals surface area (Å²) >= 11 is 1.60. The SMILES string of the molecule is CN1c2ccsc2Cc2ccccc2S1(=O)=O. The molecule has 2 heterocycles. The molecule has 0 unspecified atom stereocenters. The van der Waals surface area contributed by atoms with Crippen LogP contribution < -0.4 is 4.31 Å². The highest BCUT2D eigenvalue weighted by Gasteiger charge is 2.29. The van der Waals surface area contributed by atoms with Gasteiger partial charge in [0.05, 0.1) is 10.6 Å². The fourth-order valence-corrected chi connectivity index (χ4v) is 4.53. The quantitative estimate of drug-likeness (QED) is 0.734. The van der Waals surface area contributed by atoms with Crippen LogP contribution in [0.2, 0.25) is 0 Å². The van der Waals surface area contributed by atoms with E-state index in [9.17, 15) is 8.42 Å². The van der Waals surface area contributed by atoms with Crippen molar-refractivity contribution in [3.63, 3.8) is 0 Å². The van der Waals surface area contributed by atoms with Crippen molar-refractivity contribution >= 4 is 27.0 Å². The van der Waals surface area contributed by atoms with Crippen LogP contribution in [0.4, 0.5) is 5.69 Å². The van der Waals surface area contributed by atoms with E-state index in [1.807, 2.05) is 23.6 Å². The van der Waals surface area contributed by atoms with Crippen LogP contribution in [-0.4, -0.2) is 15.5 Å². The lowest BCUT2D eigenvalue weighted by molar-refractivity contribution is 0.594. The number of sulfonamides is 1. The fourth-order valence-electron chi connectivity index (χ4n) is 2.10. The third kappa shape index (κ3) is 1.50. The zero-order valence-electron chi connectivity index (χ0n) is 9.25. The van der Waals surface area contributed by atoms with Gasteiger partial charge in [-0.3, -0.25) is 4.31 Å². The number of benzene rings is 1. The lowest BCUT2D eigenvalue weighted by Gasteiger charge is -2.17. The number of fused-ring (bicyclic) bond motifs is 2. The second kappa shape index (κ2) is 3.58. The second-order valence-corrected chi connectivity index (χ2v) is 6.92.